The summed E-state index contributed by atoms with van der Waals surface area (Å²) in [6, 6.07) is 8.36. The number of benzene rings is 1. The van der Waals surface area contributed by atoms with Crippen LogP contribution in [-0.4, -0.2) is 22.4 Å². The highest BCUT2D eigenvalue weighted by atomic mass is 32.1. The van der Waals surface area contributed by atoms with Gasteiger partial charge < -0.3 is 10.6 Å². The molecule has 0 atom stereocenters. The monoisotopic (exact) mass is 290 g/mol. The van der Waals surface area contributed by atoms with E-state index in [-0.39, 0.29) is 0 Å². The van der Waals surface area contributed by atoms with E-state index in [2.05, 4.69) is 59.3 Å². The van der Waals surface area contributed by atoms with Crippen molar-refractivity contribution in [2.45, 2.75) is 33.1 Å². The molecule has 0 bridgehead atoms. The lowest BCUT2D eigenvalue weighted by atomic mass is 10.2. The molecule has 1 aromatic carbocycles. The fourth-order valence-corrected chi connectivity index (χ4v) is 2.85. The predicted octanol–water partition coefficient (Wildman–Crippen LogP) is 3.46. The zero-order valence-electron chi connectivity index (χ0n) is 12.3. The summed E-state index contributed by atoms with van der Waals surface area (Å²) in [4.78, 5) is 6.90. The van der Waals surface area contributed by atoms with E-state index in [4.69, 9.17) is 5.73 Å². The second-order valence-electron chi connectivity index (χ2n) is 5.17. The zero-order valence-corrected chi connectivity index (χ0v) is 13.2. The second kappa shape index (κ2) is 6.81. The third-order valence-electron chi connectivity index (χ3n) is 3.17. The minimum atomic E-state index is 0.355. The maximum absolute atomic E-state index is 5.67. The summed E-state index contributed by atoms with van der Waals surface area (Å²) in [5, 5.41) is 0.955. The first-order valence-corrected chi connectivity index (χ1v) is 7.77. The summed E-state index contributed by atoms with van der Waals surface area (Å²) in [6.45, 7) is 7.90. The third-order valence-corrected chi connectivity index (χ3v) is 3.92. The minimum Gasteiger partial charge on any atom is -0.330 e. The van der Waals surface area contributed by atoms with E-state index in [9.17, 15) is 0 Å². The first kappa shape index (κ1) is 14.9. The average Bonchev–Trinajstić information content (AvgIpc) is 2.91. The molecule has 20 heavy (non-hydrogen) atoms. The summed E-state index contributed by atoms with van der Waals surface area (Å²) < 4.78 is 4.46. The minimum absolute atomic E-state index is 0.355. The van der Waals surface area contributed by atoms with Crippen molar-refractivity contribution in [3.05, 3.63) is 35.7 Å². The Morgan fingerprint density at radius 3 is 2.65 bits per heavy atom. The highest BCUT2D eigenvalue weighted by Gasteiger charge is 2.16. The third kappa shape index (κ3) is 3.35. The van der Waals surface area contributed by atoms with Crippen LogP contribution in [0.3, 0.4) is 0 Å². The fourth-order valence-electron chi connectivity index (χ4n) is 2.01. The molecule has 0 spiro atoms. The Morgan fingerprint density at radius 2 is 2.05 bits per heavy atom. The maximum Gasteiger partial charge on any atom is 0.209 e. The van der Waals surface area contributed by atoms with E-state index in [0.29, 0.717) is 12.5 Å². The van der Waals surface area contributed by atoms with Gasteiger partial charge in [0, 0.05) is 29.7 Å². The highest BCUT2D eigenvalue weighted by Crippen LogP contribution is 2.30. The maximum atomic E-state index is 5.67. The van der Waals surface area contributed by atoms with E-state index in [1.807, 2.05) is 0 Å². The molecule has 5 heteroatoms. The van der Waals surface area contributed by atoms with Crippen molar-refractivity contribution in [2.24, 2.45) is 5.73 Å². The molecular weight excluding hydrogens is 268 g/mol. The Kier molecular flexibility index (Phi) is 5.09. The Balaban J connectivity index is 2.34. The molecule has 1 aromatic heterocycles. The van der Waals surface area contributed by atoms with Crippen LogP contribution in [0.2, 0.25) is 0 Å². The highest BCUT2D eigenvalue weighted by molar-refractivity contribution is 7.09. The van der Waals surface area contributed by atoms with Crippen LogP contribution >= 0.6 is 11.5 Å². The van der Waals surface area contributed by atoms with Crippen LogP contribution in [0, 0.1) is 6.92 Å². The molecule has 2 aromatic rings. The summed E-state index contributed by atoms with van der Waals surface area (Å²) in [6.07, 6.45) is 0.935. The van der Waals surface area contributed by atoms with E-state index < -0.39 is 0 Å². The molecule has 0 saturated carbocycles. The van der Waals surface area contributed by atoms with Crippen molar-refractivity contribution in [1.29, 1.82) is 0 Å². The Bertz CT molecular complexity index is 550. The molecule has 108 valence electrons. The van der Waals surface area contributed by atoms with Crippen molar-refractivity contribution in [3.63, 3.8) is 0 Å². The fraction of sp³-hybridized carbons (Fsp3) is 0.467. The van der Waals surface area contributed by atoms with E-state index >= 15 is 0 Å². The molecule has 0 amide bonds. The molecule has 0 aliphatic rings. The Hall–Kier alpha value is -1.46. The lowest BCUT2D eigenvalue weighted by molar-refractivity contribution is 0.784. The van der Waals surface area contributed by atoms with Gasteiger partial charge in [-0.15, -0.1) is 0 Å². The van der Waals surface area contributed by atoms with Gasteiger partial charge in [-0.25, -0.2) is 4.98 Å². The first-order chi connectivity index (χ1) is 9.63. The molecule has 0 aliphatic carbocycles. The van der Waals surface area contributed by atoms with Crippen molar-refractivity contribution in [3.8, 4) is 0 Å². The van der Waals surface area contributed by atoms with Gasteiger partial charge in [-0.3, -0.25) is 0 Å². The predicted molar refractivity (Wildman–Crippen MR) is 85.9 cm³/mol. The number of anilines is 2. The number of nitrogens with zero attached hydrogens (tertiary/aromatic N) is 3. The SMILES string of the molecule is Cc1ccccc1N(CCCN)c1nc(C(C)C)ns1. The number of hydrogen-bond donors (Lipinski definition) is 1. The Morgan fingerprint density at radius 1 is 1.30 bits per heavy atom. The number of aromatic nitrogens is 2. The number of para-hydroxylation sites is 1. The molecule has 4 nitrogen and oxygen atoms in total. The van der Waals surface area contributed by atoms with Crippen LogP contribution in [0.4, 0.5) is 10.8 Å². The lowest BCUT2D eigenvalue weighted by Crippen LogP contribution is -2.21. The molecule has 0 radical (unpaired) electrons. The van der Waals surface area contributed by atoms with Crippen molar-refractivity contribution >= 4 is 22.4 Å². The molecule has 1 heterocycles. The van der Waals surface area contributed by atoms with Crippen molar-refractivity contribution in [1.82, 2.24) is 9.36 Å². The number of aryl methyl sites for hydroxylation is 1. The summed E-state index contributed by atoms with van der Waals surface area (Å²) >= 11 is 1.46. The molecular formula is C15H22N4S. The van der Waals surface area contributed by atoms with Crippen LogP contribution in [0.5, 0.6) is 0 Å². The summed E-state index contributed by atoms with van der Waals surface area (Å²) in [5.74, 6) is 1.27. The van der Waals surface area contributed by atoms with Gasteiger partial charge in [-0.1, -0.05) is 32.0 Å². The van der Waals surface area contributed by atoms with Crippen LogP contribution in [0.15, 0.2) is 24.3 Å². The molecule has 2 N–H and O–H groups in total. The number of rotatable bonds is 6. The number of nitrogens with two attached hydrogens (primary N) is 1. The van der Waals surface area contributed by atoms with Gasteiger partial charge in [-0.2, -0.15) is 4.37 Å². The van der Waals surface area contributed by atoms with E-state index in [1.165, 1.54) is 22.8 Å². The summed E-state index contributed by atoms with van der Waals surface area (Å²) in [5.41, 5.74) is 8.09. The van der Waals surface area contributed by atoms with Crippen LogP contribution in [-0.2, 0) is 0 Å². The molecule has 0 unspecified atom stereocenters. The molecule has 0 saturated heterocycles. The van der Waals surface area contributed by atoms with Crippen molar-refractivity contribution < 1.29 is 0 Å². The number of hydrogen-bond acceptors (Lipinski definition) is 5. The molecule has 0 aliphatic heterocycles. The van der Waals surface area contributed by atoms with Gasteiger partial charge in [0.1, 0.15) is 5.82 Å². The lowest BCUT2D eigenvalue weighted by Gasteiger charge is -2.23. The van der Waals surface area contributed by atoms with E-state index in [1.54, 1.807) is 0 Å². The van der Waals surface area contributed by atoms with Gasteiger partial charge in [-0.05, 0) is 31.5 Å². The normalized spacial score (nSPS) is 11.1. The average molecular weight is 290 g/mol. The topological polar surface area (TPSA) is 55.0 Å². The van der Waals surface area contributed by atoms with Gasteiger partial charge in [0.05, 0.1) is 0 Å². The largest absolute Gasteiger partial charge is 0.330 e. The van der Waals surface area contributed by atoms with Gasteiger partial charge in [0.15, 0.2) is 0 Å². The Labute approximate surface area is 124 Å². The smallest absolute Gasteiger partial charge is 0.209 e. The quantitative estimate of drug-likeness (QED) is 0.885. The van der Waals surface area contributed by atoms with Gasteiger partial charge in [0.25, 0.3) is 0 Å². The first-order valence-electron chi connectivity index (χ1n) is 7.00. The standard InChI is InChI=1S/C15H22N4S/c1-11(2)14-17-15(20-18-14)19(10-6-9-16)13-8-5-4-7-12(13)3/h4-5,7-8,11H,6,9-10,16H2,1-3H3. The zero-order chi connectivity index (χ0) is 14.5. The van der Waals surface area contributed by atoms with Crippen LogP contribution in [0.1, 0.15) is 37.6 Å². The van der Waals surface area contributed by atoms with Crippen molar-refractivity contribution in [2.75, 3.05) is 18.0 Å². The van der Waals surface area contributed by atoms with Gasteiger partial charge in [0.2, 0.25) is 5.13 Å². The van der Waals surface area contributed by atoms with Gasteiger partial charge >= 0.3 is 0 Å². The molecule has 2 rings (SSSR count). The molecule has 0 fully saturated rings. The summed E-state index contributed by atoms with van der Waals surface area (Å²) in [7, 11) is 0. The van der Waals surface area contributed by atoms with Crippen LogP contribution in [0.25, 0.3) is 0 Å². The second-order valence-corrected chi connectivity index (χ2v) is 5.90. The van der Waals surface area contributed by atoms with E-state index in [0.717, 1.165) is 23.9 Å². The van der Waals surface area contributed by atoms with Crippen LogP contribution < -0.4 is 10.6 Å².